The third-order valence-electron chi connectivity index (χ3n) is 4.26. The first-order valence-corrected chi connectivity index (χ1v) is 8.42. The van der Waals surface area contributed by atoms with Gasteiger partial charge in [0, 0.05) is 6.54 Å². The van der Waals surface area contributed by atoms with Crippen molar-refractivity contribution in [1.29, 1.82) is 0 Å². The highest BCUT2D eigenvalue weighted by atomic mass is 19.1. The first-order chi connectivity index (χ1) is 12.9. The highest BCUT2D eigenvalue weighted by Crippen LogP contribution is 2.39. The van der Waals surface area contributed by atoms with Gasteiger partial charge in [-0.05, 0) is 43.9 Å². The predicted molar refractivity (Wildman–Crippen MR) is 101 cm³/mol. The second kappa shape index (κ2) is 9.23. The van der Waals surface area contributed by atoms with Crippen molar-refractivity contribution in [2.24, 2.45) is 0 Å². The van der Waals surface area contributed by atoms with Gasteiger partial charge in [-0.25, -0.2) is 4.39 Å². The van der Waals surface area contributed by atoms with E-state index in [0.29, 0.717) is 29.4 Å². The summed E-state index contributed by atoms with van der Waals surface area (Å²) >= 11 is 0. The molecule has 2 aromatic rings. The Morgan fingerprint density at radius 3 is 2.33 bits per heavy atom. The summed E-state index contributed by atoms with van der Waals surface area (Å²) in [5.74, 6) is 0.476. The van der Waals surface area contributed by atoms with E-state index < -0.39 is 0 Å². The molecule has 1 atom stereocenters. The molecule has 2 aromatic carbocycles. The molecule has 2 rings (SSSR count). The first kappa shape index (κ1) is 20.5. The smallest absolute Gasteiger partial charge is 0.255 e. The molecule has 0 aromatic heterocycles. The van der Waals surface area contributed by atoms with Crippen molar-refractivity contribution < 1.29 is 23.4 Å². The second-order valence-corrected chi connectivity index (χ2v) is 6.13. The number of ether oxygens (including phenoxy) is 3. The zero-order valence-electron chi connectivity index (χ0n) is 16.2. The molecule has 0 aliphatic carbocycles. The van der Waals surface area contributed by atoms with E-state index in [1.807, 2.05) is 25.1 Å². The summed E-state index contributed by atoms with van der Waals surface area (Å²) in [4.78, 5) is 14.7. The van der Waals surface area contributed by atoms with Crippen molar-refractivity contribution in [3.8, 4) is 17.2 Å². The van der Waals surface area contributed by atoms with E-state index in [9.17, 15) is 9.18 Å². The highest BCUT2D eigenvalue weighted by molar-refractivity contribution is 5.98. The molecule has 0 fully saturated rings. The molecule has 0 saturated heterocycles. The number of nitrogens with one attached hydrogen (secondary N) is 1. The van der Waals surface area contributed by atoms with Crippen LogP contribution < -0.4 is 19.5 Å². The molecule has 0 spiro atoms. The molecule has 27 heavy (non-hydrogen) atoms. The summed E-state index contributed by atoms with van der Waals surface area (Å²) in [7, 11) is 8.20. The minimum absolute atomic E-state index is 0.184. The topological polar surface area (TPSA) is 60.0 Å². The number of carbonyl (C=O) groups excluding carboxylic acids is 1. The van der Waals surface area contributed by atoms with Crippen LogP contribution in [0.4, 0.5) is 4.39 Å². The molecule has 0 radical (unpaired) electrons. The van der Waals surface area contributed by atoms with E-state index in [1.165, 1.54) is 33.5 Å². The lowest BCUT2D eigenvalue weighted by Gasteiger charge is -2.25. The van der Waals surface area contributed by atoms with Crippen LogP contribution in [0.2, 0.25) is 0 Å². The molecule has 0 bridgehead atoms. The van der Waals surface area contributed by atoms with E-state index in [1.54, 1.807) is 18.2 Å². The maximum absolute atomic E-state index is 13.6. The van der Waals surface area contributed by atoms with Crippen LogP contribution >= 0.6 is 0 Å². The zero-order chi connectivity index (χ0) is 20.0. The molecular formula is C20H25FN2O4. The molecule has 1 N–H and O–H groups in total. The van der Waals surface area contributed by atoms with Crippen molar-refractivity contribution in [2.45, 2.75) is 6.04 Å². The average Bonchev–Trinajstić information content (AvgIpc) is 2.66. The standard InChI is InChI=1S/C20H25FN2O4/c1-23(2)16(13-7-6-8-14(21)11-13)12-22-20(24)15-9-10-17(25-3)19(27-5)18(15)26-4/h6-11,16H,12H2,1-5H3,(H,22,24)/t16-/m1/s1. The highest BCUT2D eigenvalue weighted by Gasteiger charge is 2.22. The SMILES string of the molecule is COc1ccc(C(=O)NC[C@H](c2cccc(F)c2)N(C)C)c(OC)c1OC. The van der Waals surface area contributed by atoms with Gasteiger partial charge in [0.1, 0.15) is 5.82 Å². The third-order valence-corrected chi connectivity index (χ3v) is 4.26. The third kappa shape index (κ3) is 4.68. The van der Waals surface area contributed by atoms with Crippen LogP contribution in [0.25, 0.3) is 0 Å². The number of halogens is 1. The Labute approximate surface area is 158 Å². The van der Waals surface area contributed by atoms with E-state index in [4.69, 9.17) is 14.2 Å². The normalized spacial score (nSPS) is 11.8. The van der Waals surface area contributed by atoms with Crippen molar-refractivity contribution in [1.82, 2.24) is 10.2 Å². The van der Waals surface area contributed by atoms with Gasteiger partial charge in [-0.2, -0.15) is 0 Å². The number of hydrogen-bond donors (Lipinski definition) is 1. The van der Waals surface area contributed by atoms with E-state index in [0.717, 1.165) is 5.56 Å². The Morgan fingerprint density at radius 2 is 1.78 bits per heavy atom. The van der Waals surface area contributed by atoms with Gasteiger partial charge in [0.25, 0.3) is 5.91 Å². The molecule has 146 valence electrons. The van der Waals surface area contributed by atoms with Gasteiger partial charge in [-0.3, -0.25) is 4.79 Å². The number of likely N-dealkylation sites (N-methyl/N-ethyl adjacent to an activating group) is 1. The zero-order valence-corrected chi connectivity index (χ0v) is 16.2. The monoisotopic (exact) mass is 376 g/mol. The Hall–Kier alpha value is -2.80. The number of hydrogen-bond acceptors (Lipinski definition) is 5. The lowest BCUT2D eigenvalue weighted by molar-refractivity contribution is 0.0938. The fraction of sp³-hybridized carbons (Fsp3) is 0.350. The predicted octanol–water partition coefficient (Wildman–Crippen LogP) is 2.88. The lowest BCUT2D eigenvalue weighted by atomic mass is 10.1. The quantitative estimate of drug-likeness (QED) is 0.768. The van der Waals surface area contributed by atoms with E-state index in [2.05, 4.69) is 5.32 Å². The van der Waals surface area contributed by atoms with Gasteiger partial charge < -0.3 is 24.4 Å². The van der Waals surface area contributed by atoms with Crippen molar-refractivity contribution >= 4 is 5.91 Å². The maximum Gasteiger partial charge on any atom is 0.255 e. The molecular weight excluding hydrogens is 351 g/mol. The van der Waals surface area contributed by atoms with Gasteiger partial charge in [0.05, 0.1) is 32.9 Å². The summed E-state index contributed by atoms with van der Waals surface area (Å²) in [6, 6.07) is 9.42. The first-order valence-electron chi connectivity index (χ1n) is 8.42. The van der Waals surface area contributed by atoms with Gasteiger partial charge >= 0.3 is 0 Å². The Kier molecular flexibility index (Phi) is 7.01. The molecule has 0 aliphatic heterocycles. The number of nitrogens with zero attached hydrogens (tertiary/aromatic N) is 1. The minimum Gasteiger partial charge on any atom is -0.493 e. The molecule has 0 unspecified atom stereocenters. The average molecular weight is 376 g/mol. The molecule has 1 amide bonds. The Morgan fingerprint density at radius 1 is 1.07 bits per heavy atom. The Balaban J connectivity index is 2.23. The number of carbonyl (C=O) groups is 1. The van der Waals surface area contributed by atoms with Gasteiger partial charge in [0.2, 0.25) is 5.75 Å². The molecule has 7 heteroatoms. The van der Waals surface area contributed by atoms with E-state index >= 15 is 0 Å². The van der Waals surface area contributed by atoms with Crippen LogP contribution in [-0.2, 0) is 0 Å². The van der Waals surface area contributed by atoms with Crippen molar-refractivity contribution in [3.05, 3.63) is 53.3 Å². The number of benzene rings is 2. The summed E-state index contributed by atoms with van der Waals surface area (Å²) in [5, 5.41) is 2.88. The fourth-order valence-corrected chi connectivity index (χ4v) is 2.88. The molecule has 0 heterocycles. The second-order valence-electron chi connectivity index (χ2n) is 6.13. The Bertz CT molecular complexity index is 796. The summed E-state index contributed by atoms with van der Waals surface area (Å²) < 4.78 is 29.5. The lowest BCUT2D eigenvalue weighted by Crippen LogP contribution is -2.34. The van der Waals surface area contributed by atoms with Gasteiger partial charge in [-0.1, -0.05) is 12.1 Å². The number of methoxy groups -OCH3 is 3. The van der Waals surface area contributed by atoms with E-state index in [-0.39, 0.29) is 17.8 Å². The number of rotatable bonds is 8. The maximum atomic E-state index is 13.6. The fourth-order valence-electron chi connectivity index (χ4n) is 2.88. The van der Waals surface area contributed by atoms with Crippen LogP contribution in [0.15, 0.2) is 36.4 Å². The van der Waals surface area contributed by atoms with Gasteiger partial charge in [0.15, 0.2) is 11.5 Å². The summed E-state index contributed by atoms with van der Waals surface area (Å²) in [6.07, 6.45) is 0. The van der Waals surface area contributed by atoms with Crippen molar-refractivity contribution in [3.63, 3.8) is 0 Å². The number of amides is 1. The van der Waals surface area contributed by atoms with Crippen molar-refractivity contribution in [2.75, 3.05) is 42.0 Å². The summed E-state index contributed by atoms with van der Waals surface area (Å²) in [5.41, 5.74) is 1.10. The minimum atomic E-state index is -0.323. The largest absolute Gasteiger partial charge is 0.493 e. The van der Waals surface area contributed by atoms with Crippen LogP contribution in [0, 0.1) is 5.82 Å². The van der Waals surface area contributed by atoms with Crippen LogP contribution in [0.3, 0.4) is 0 Å². The molecule has 6 nitrogen and oxygen atoms in total. The van der Waals surface area contributed by atoms with Gasteiger partial charge in [-0.15, -0.1) is 0 Å². The molecule has 0 aliphatic rings. The van der Waals surface area contributed by atoms with Crippen LogP contribution in [0.5, 0.6) is 17.2 Å². The van der Waals surface area contributed by atoms with Crippen LogP contribution in [-0.4, -0.2) is 52.8 Å². The van der Waals surface area contributed by atoms with Crippen LogP contribution in [0.1, 0.15) is 22.0 Å². The summed E-state index contributed by atoms with van der Waals surface area (Å²) in [6.45, 7) is 0.298. The molecule has 0 saturated carbocycles.